The quantitative estimate of drug-likeness (QED) is 0.552. The smallest absolute Gasteiger partial charge is 0.186 e. The van der Waals surface area contributed by atoms with E-state index in [1.807, 2.05) is 35.0 Å². The first kappa shape index (κ1) is 14.6. The Labute approximate surface area is 151 Å². The fraction of sp³-hybridized carbons (Fsp3) is 0.0714. The van der Waals surface area contributed by atoms with E-state index >= 15 is 0 Å². The summed E-state index contributed by atoms with van der Waals surface area (Å²) in [6.07, 6.45) is 0. The Hall–Kier alpha value is -0.960. The molecule has 0 saturated carbocycles. The van der Waals surface area contributed by atoms with E-state index in [1.165, 1.54) is 4.88 Å². The van der Waals surface area contributed by atoms with Crippen LogP contribution in [0.15, 0.2) is 54.9 Å². The molecule has 0 fully saturated rings. The average Bonchev–Trinajstić information content (AvgIpc) is 3.14. The maximum absolute atomic E-state index is 4.75. The molecule has 1 aliphatic heterocycles. The number of nitrogens with zero attached hydrogens (tertiary/aromatic N) is 4. The summed E-state index contributed by atoms with van der Waals surface area (Å²) in [5.74, 6) is 1.58. The third-order valence-electron chi connectivity index (χ3n) is 3.13. The van der Waals surface area contributed by atoms with Crippen LogP contribution in [0.3, 0.4) is 0 Å². The summed E-state index contributed by atoms with van der Waals surface area (Å²) in [4.78, 5) is 1.17. The van der Waals surface area contributed by atoms with Gasteiger partial charge in [0, 0.05) is 15.8 Å². The molecule has 3 heterocycles. The molecule has 3 aromatic rings. The first-order chi connectivity index (χ1) is 10.7. The van der Waals surface area contributed by atoms with Crippen molar-refractivity contribution in [1.29, 1.82) is 0 Å². The monoisotopic (exact) mass is 454 g/mol. The van der Waals surface area contributed by atoms with Gasteiger partial charge in [0.15, 0.2) is 5.82 Å². The second-order valence-electron chi connectivity index (χ2n) is 4.56. The average molecular weight is 456 g/mol. The lowest BCUT2D eigenvalue weighted by molar-refractivity contribution is 0.763. The number of fused-ring (bicyclic) bond motifs is 1. The molecule has 4 nitrogen and oxygen atoms in total. The minimum Gasteiger partial charge on any atom is -0.186 e. The van der Waals surface area contributed by atoms with E-state index in [1.54, 1.807) is 23.1 Å². The first-order valence-electron chi connectivity index (χ1n) is 6.38. The summed E-state index contributed by atoms with van der Waals surface area (Å²) in [5, 5.41) is 14.1. The lowest BCUT2D eigenvalue weighted by Crippen LogP contribution is -2.12. The zero-order valence-electron chi connectivity index (χ0n) is 11.0. The Balaban J connectivity index is 1.79. The second-order valence-corrected chi connectivity index (χ2v) is 8.89. The summed E-state index contributed by atoms with van der Waals surface area (Å²) in [5.41, 5.74) is 2.05. The van der Waals surface area contributed by atoms with Gasteiger partial charge in [-0.25, -0.2) is 0 Å². The summed E-state index contributed by atoms with van der Waals surface area (Å²) in [7, 11) is 0. The van der Waals surface area contributed by atoms with Crippen molar-refractivity contribution < 1.29 is 0 Å². The van der Waals surface area contributed by atoms with Crippen molar-refractivity contribution in [3.8, 4) is 11.4 Å². The fourth-order valence-electron chi connectivity index (χ4n) is 2.10. The number of rotatable bonds is 2. The highest BCUT2D eigenvalue weighted by atomic mass is 79.9. The van der Waals surface area contributed by atoms with E-state index in [2.05, 4.69) is 48.1 Å². The summed E-state index contributed by atoms with van der Waals surface area (Å²) < 4.78 is 3.98. The van der Waals surface area contributed by atoms with Gasteiger partial charge in [-0.05, 0) is 40.2 Å². The van der Waals surface area contributed by atoms with Gasteiger partial charge in [0.05, 0.1) is 14.4 Å². The molecule has 0 atom stereocenters. The molecule has 0 N–H and O–H groups in total. The second kappa shape index (κ2) is 5.92. The maximum Gasteiger partial charge on any atom is 0.212 e. The van der Waals surface area contributed by atoms with Crippen LogP contribution in [0, 0.1) is 0 Å². The van der Waals surface area contributed by atoms with Crippen molar-refractivity contribution in [2.45, 2.75) is 5.16 Å². The highest BCUT2D eigenvalue weighted by Crippen LogP contribution is 2.31. The molecule has 0 aliphatic carbocycles. The highest BCUT2D eigenvalue weighted by Gasteiger charge is 2.21. The Kier molecular flexibility index (Phi) is 3.93. The van der Waals surface area contributed by atoms with Gasteiger partial charge in [-0.2, -0.15) is 9.78 Å². The SMILES string of the molecule is Brc1ccc(-c2nnc3n2N=C(c2ccc(Br)s2)CS3)cc1. The molecule has 0 radical (unpaired) electrons. The van der Waals surface area contributed by atoms with Gasteiger partial charge in [0.1, 0.15) is 0 Å². The number of aromatic nitrogens is 3. The van der Waals surface area contributed by atoms with E-state index in [4.69, 9.17) is 5.10 Å². The van der Waals surface area contributed by atoms with Gasteiger partial charge in [-0.15, -0.1) is 21.5 Å². The number of halogens is 2. The molecule has 1 aromatic carbocycles. The largest absolute Gasteiger partial charge is 0.212 e. The minimum absolute atomic E-state index is 0.767. The number of thioether (sulfide) groups is 1. The molecule has 4 rings (SSSR count). The van der Waals surface area contributed by atoms with E-state index < -0.39 is 0 Å². The standard InChI is InChI=1S/C14H8Br2N4S2/c15-9-3-1-8(2-4-9)13-17-18-14-20(13)19-10(7-21-14)11-5-6-12(16)22-11/h1-6H,7H2. The summed E-state index contributed by atoms with van der Waals surface area (Å²) in [6, 6.07) is 12.1. The van der Waals surface area contributed by atoms with Gasteiger partial charge in [-0.1, -0.05) is 39.8 Å². The molecule has 0 bridgehead atoms. The van der Waals surface area contributed by atoms with Gasteiger partial charge in [0.2, 0.25) is 5.16 Å². The summed E-state index contributed by atoms with van der Waals surface area (Å²) in [6.45, 7) is 0. The Morgan fingerprint density at radius 3 is 2.55 bits per heavy atom. The molecule has 2 aromatic heterocycles. The predicted octanol–water partition coefficient (Wildman–Crippen LogP) is 4.89. The van der Waals surface area contributed by atoms with Crippen LogP contribution < -0.4 is 0 Å². The Bertz CT molecular complexity index is 867. The Morgan fingerprint density at radius 1 is 1.00 bits per heavy atom. The zero-order chi connectivity index (χ0) is 15.1. The van der Waals surface area contributed by atoms with Crippen LogP contribution in [0.4, 0.5) is 0 Å². The molecule has 0 unspecified atom stereocenters. The third-order valence-corrected chi connectivity index (χ3v) is 6.26. The van der Waals surface area contributed by atoms with E-state index in [0.717, 1.165) is 36.3 Å². The van der Waals surface area contributed by atoms with E-state index in [-0.39, 0.29) is 0 Å². The van der Waals surface area contributed by atoms with Gasteiger partial charge >= 0.3 is 0 Å². The van der Waals surface area contributed by atoms with Crippen LogP contribution in [0.2, 0.25) is 0 Å². The van der Waals surface area contributed by atoms with Crippen molar-refractivity contribution >= 4 is 60.7 Å². The van der Waals surface area contributed by atoms with E-state index in [9.17, 15) is 0 Å². The van der Waals surface area contributed by atoms with Crippen LogP contribution in [0.5, 0.6) is 0 Å². The van der Waals surface area contributed by atoms with Crippen LogP contribution >= 0.6 is 55.0 Å². The normalized spacial score (nSPS) is 13.8. The van der Waals surface area contributed by atoms with Crippen LogP contribution in [-0.4, -0.2) is 26.3 Å². The van der Waals surface area contributed by atoms with Crippen LogP contribution in [0.25, 0.3) is 11.4 Å². The van der Waals surface area contributed by atoms with E-state index in [0.29, 0.717) is 0 Å². The lowest BCUT2D eigenvalue weighted by atomic mass is 10.2. The topological polar surface area (TPSA) is 43.1 Å². The Morgan fingerprint density at radius 2 is 1.82 bits per heavy atom. The van der Waals surface area contributed by atoms with Crippen molar-refractivity contribution in [1.82, 2.24) is 14.9 Å². The van der Waals surface area contributed by atoms with Crippen LogP contribution in [0.1, 0.15) is 4.88 Å². The van der Waals surface area contributed by atoms with Gasteiger partial charge in [-0.3, -0.25) is 0 Å². The number of hydrogen-bond donors (Lipinski definition) is 0. The molecule has 22 heavy (non-hydrogen) atoms. The molecular formula is C14H8Br2N4S2. The molecular weight excluding hydrogens is 448 g/mol. The van der Waals surface area contributed by atoms with Crippen molar-refractivity contribution in [3.63, 3.8) is 0 Å². The third kappa shape index (κ3) is 2.68. The first-order valence-corrected chi connectivity index (χ1v) is 9.77. The number of hydrogen-bond acceptors (Lipinski definition) is 5. The zero-order valence-corrected chi connectivity index (χ0v) is 15.8. The molecule has 110 valence electrons. The molecule has 0 amide bonds. The highest BCUT2D eigenvalue weighted by molar-refractivity contribution is 9.11. The summed E-state index contributed by atoms with van der Waals surface area (Å²) >= 11 is 10.3. The molecule has 8 heteroatoms. The minimum atomic E-state index is 0.767. The predicted molar refractivity (Wildman–Crippen MR) is 97.8 cm³/mol. The van der Waals surface area contributed by atoms with Crippen molar-refractivity contribution in [3.05, 3.63) is 49.5 Å². The number of thiophene rings is 1. The van der Waals surface area contributed by atoms with Gasteiger partial charge < -0.3 is 0 Å². The number of benzene rings is 1. The maximum atomic E-state index is 4.75. The van der Waals surface area contributed by atoms with Crippen molar-refractivity contribution in [2.75, 3.05) is 5.75 Å². The molecule has 1 aliphatic rings. The molecule has 0 saturated heterocycles. The molecule has 0 spiro atoms. The fourth-order valence-corrected chi connectivity index (χ4v) is 4.65. The lowest BCUT2D eigenvalue weighted by Gasteiger charge is -2.12. The van der Waals surface area contributed by atoms with Crippen LogP contribution in [-0.2, 0) is 0 Å². The van der Waals surface area contributed by atoms with Crippen molar-refractivity contribution in [2.24, 2.45) is 5.10 Å². The van der Waals surface area contributed by atoms with Gasteiger partial charge in [0.25, 0.3) is 0 Å².